The zero-order valence-electron chi connectivity index (χ0n) is 10.1. The van der Waals surface area contributed by atoms with Crippen LogP contribution >= 0.6 is 0 Å². The fraction of sp³-hybridized carbons (Fsp3) is 0. The zero-order valence-corrected chi connectivity index (χ0v) is 10.1. The van der Waals surface area contributed by atoms with Crippen LogP contribution in [0.15, 0.2) is 60.7 Å². The monoisotopic (exact) mass is 249 g/mol. The number of carbonyl (C=O) groups is 1. The first-order valence-electron chi connectivity index (χ1n) is 5.94. The van der Waals surface area contributed by atoms with Gasteiger partial charge in [-0.15, -0.1) is 0 Å². The molecule has 1 N–H and O–H groups in total. The van der Waals surface area contributed by atoms with E-state index < -0.39 is 5.97 Å². The Kier molecular flexibility index (Phi) is 2.72. The predicted octanol–water partition coefficient (Wildman–Crippen LogP) is 3.60. The molecule has 3 aromatic rings. The second-order valence-corrected chi connectivity index (χ2v) is 4.24. The lowest BCUT2D eigenvalue weighted by atomic mass is 10.0. The lowest BCUT2D eigenvalue weighted by Crippen LogP contribution is -1.99. The normalized spacial score (nSPS) is 10.5. The van der Waals surface area contributed by atoms with Crippen molar-refractivity contribution in [2.24, 2.45) is 0 Å². The van der Waals surface area contributed by atoms with Crippen LogP contribution in [0.5, 0.6) is 0 Å². The van der Waals surface area contributed by atoms with Gasteiger partial charge in [0.25, 0.3) is 0 Å². The summed E-state index contributed by atoms with van der Waals surface area (Å²) in [4.78, 5) is 15.8. The Morgan fingerprint density at radius 2 is 1.63 bits per heavy atom. The van der Waals surface area contributed by atoms with Gasteiger partial charge in [-0.1, -0.05) is 42.5 Å². The van der Waals surface area contributed by atoms with Gasteiger partial charge in [0.1, 0.15) is 0 Å². The summed E-state index contributed by atoms with van der Waals surface area (Å²) in [5, 5.41) is 10.3. The highest BCUT2D eigenvalue weighted by molar-refractivity contribution is 5.96. The number of aromatic nitrogens is 1. The van der Waals surface area contributed by atoms with E-state index in [0.717, 1.165) is 10.9 Å². The Bertz CT molecular complexity index is 765. The summed E-state index contributed by atoms with van der Waals surface area (Å²) in [7, 11) is 0. The highest BCUT2D eigenvalue weighted by atomic mass is 16.4. The molecule has 3 nitrogen and oxygen atoms in total. The molecular formula is C16H11NO2. The molecule has 2 aromatic carbocycles. The highest BCUT2D eigenvalue weighted by Gasteiger charge is 2.11. The number of fused-ring (bicyclic) bond motifs is 1. The number of pyridine rings is 1. The molecule has 19 heavy (non-hydrogen) atoms. The summed E-state index contributed by atoms with van der Waals surface area (Å²) < 4.78 is 0. The largest absolute Gasteiger partial charge is 0.478 e. The molecule has 0 amide bonds. The van der Waals surface area contributed by atoms with E-state index >= 15 is 0 Å². The molecule has 0 bridgehead atoms. The molecular weight excluding hydrogens is 238 g/mol. The van der Waals surface area contributed by atoms with Crippen molar-refractivity contribution in [3.05, 3.63) is 66.2 Å². The molecule has 0 radical (unpaired) electrons. The molecule has 1 aromatic heterocycles. The minimum Gasteiger partial charge on any atom is -0.478 e. The number of para-hydroxylation sites is 1. The number of hydrogen-bond acceptors (Lipinski definition) is 2. The minimum atomic E-state index is -0.939. The first kappa shape index (κ1) is 11.4. The predicted molar refractivity (Wildman–Crippen MR) is 74.1 cm³/mol. The number of nitrogens with zero attached hydrogens (tertiary/aromatic N) is 1. The van der Waals surface area contributed by atoms with Crippen LogP contribution in [0.4, 0.5) is 0 Å². The third-order valence-corrected chi connectivity index (χ3v) is 3.03. The van der Waals surface area contributed by atoms with Crippen molar-refractivity contribution >= 4 is 16.9 Å². The van der Waals surface area contributed by atoms with E-state index in [4.69, 9.17) is 0 Å². The second kappa shape index (κ2) is 4.53. The van der Waals surface area contributed by atoms with Gasteiger partial charge in [0.05, 0.1) is 16.8 Å². The van der Waals surface area contributed by atoms with Gasteiger partial charge >= 0.3 is 5.97 Å². The number of carboxylic acid groups (broad SMARTS) is 1. The van der Waals surface area contributed by atoms with Crippen molar-refractivity contribution in [2.75, 3.05) is 0 Å². The smallest absolute Gasteiger partial charge is 0.336 e. The van der Waals surface area contributed by atoms with E-state index in [9.17, 15) is 9.90 Å². The molecule has 1 heterocycles. The van der Waals surface area contributed by atoms with Crippen LogP contribution in [0.1, 0.15) is 10.4 Å². The van der Waals surface area contributed by atoms with E-state index in [1.807, 2.05) is 42.5 Å². The summed E-state index contributed by atoms with van der Waals surface area (Å²) in [6, 6.07) is 18.5. The first-order chi connectivity index (χ1) is 9.25. The number of hydrogen-bond donors (Lipinski definition) is 1. The number of aromatic carboxylic acids is 1. The summed E-state index contributed by atoms with van der Waals surface area (Å²) in [6.07, 6.45) is 0. The fourth-order valence-corrected chi connectivity index (χ4v) is 2.11. The summed E-state index contributed by atoms with van der Waals surface area (Å²) >= 11 is 0. The van der Waals surface area contributed by atoms with E-state index in [1.54, 1.807) is 18.2 Å². The summed E-state index contributed by atoms with van der Waals surface area (Å²) in [6.45, 7) is 0. The van der Waals surface area contributed by atoms with E-state index in [0.29, 0.717) is 11.3 Å². The SMILES string of the molecule is O=C(O)c1ccccc1-c1ccc2ccccc2n1. The van der Waals surface area contributed by atoms with Crippen molar-refractivity contribution in [3.8, 4) is 11.3 Å². The molecule has 0 atom stereocenters. The van der Waals surface area contributed by atoms with Gasteiger partial charge in [0.15, 0.2) is 0 Å². The van der Waals surface area contributed by atoms with Crippen molar-refractivity contribution in [2.45, 2.75) is 0 Å². The van der Waals surface area contributed by atoms with E-state index in [1.165, 1.54) is 0 Å². The molecule has 0 aliphatic carbocycles. The van der Waals surface area contributed by atoms with E-state index in [2.05, 4.69) is 4.98 Å². The van der Waals surface area contributed by atoms with Crippen LogP contribution < -0.4 is 0 Å². The third-order valence-electron chi connectivity index (χ3n) is 3.03. The second-order valence-electron chi connectivity index (χ2n) is 4.24. The Morgan fingerprint density at radius 1 is 0.895 bits per heavy atom. The van der Waals surface area contributed by atoms with Crippen molar-refractivity contribution < 1.29 is 9.90 Å². The molecule has 0 saturated carbocycles. The molecule has 0 unspecified atom stereocenters. The van der Waals surface area contributed by atoms with Crippen LogP contribution in [0.2, 0.25) is 0 Å². The number of rotatable bonds is 2. The quantitative estimate of drug-likeness (QED) is 0.754. The Balaban J connectivity index is 2.22. The van der Waals surface area contributed by atoms with Crippen molar-refractivity contribution in [1.82, 2.24) is 4.98 Å². The molecule has 92 valence electrons. The van der Waals surface area contributed by atoms with E-state index in [-0.39, 0.29) is 5.56 Å². The van der Waals surface area contributed by atoms with Gasteiger partial charge in [-0.05, 0) is 18.2 Å². The van der Waals surface area contributed by atoms with Crippen LogP contribution in [-0.4, -0.2) is 16.1 Å². The lowest BCUT2D eigenvalue weighted by Gasteiger charge is -2.06. The molecule has 0 aliphatic rings. The molecule has 0 aliphatic heterocycles. The summed E-state index contributed by atoms with van der Waals surface area (Å²) in [5.74, 6) is -0.939. The van der Waals surface area contributed by atoms with Gasteiger partial charge in [-0.3, -0.25) is 0 Å². The van der Waals surface area contributed by atoms with Gasteiger partial charge in [0.2, 0.25) is 0 Å². The van der Waals surface area contributed by atoms with Gasteiger partial charge in [-0.25, -0.2) is 9.78 Å². The maximum Gasteiger partial charge on any atom is 0.336 e. The van der Waals surface area contributed by atoms with Crippen LogP contribution in [0.25, 0.3) is 22.2 Å². The number of benzene rings is 2. The third kappa shape index (κ3) is 2.06. The average molecular weight is 249 g/mol. The Labute approximate surface area is 110 Å². The fourth-order valence-electron chi connectivity index (χ4n) is 2.11. The van der Waals surface area contributed by atoms with Gasteiger partial charge in [0, 0.05) is 10.9 Å². The summed E-state index contributed by atoms with van der Waals surface area (Å²) in [5.41, 5.74) is 2.45. The Hall–Kier alpha value is -2.68. The molecule has 0 saturated heterocycles. The molecule has 0 spiro atoms. The minimum absolute atomic E-state index is 0.269. The standard InChI is InChI=1S/C16H11NO2/c18-16(19)13-7-3-2-6-12(13)15-10-9-11-5-1-4-8-14(11)17-15/h1-10H,(H,18,19). The van der Waals surface area contributed by atoms with Crippen LogP contribution in [0, 0.1) is 0 Å². The van der Waals surface area contributed by atoms with Crippen molar-refractivity contribution in [3.63, 3.8) is 0 Å². The molecule has 3 heteroatoms. The topological polar surface area (TPSA) is 50.2 Å². The maximum absolute atomic E-state index is 11.2. The van der Waals surface area contributed by atoms with Crippen LogP contribution in [-0.2, 0) is 0 Å². The first-order valence-corrected chi connectivity index (χ1v) is 5.94. The van der Waals surface area contributed by atoms with Gasteiger partial charge in [-0.2, -0.15) is 0 Å². The van der Waals surface area contributed by atoms with Crippen molar-refractivity contribution in [1.29, 1.82) is 0 Å². The number of carboxylic acids is 1. The molecule has 3 rings (SSSR count). The zero-order chi connectivity index (χ0) is 13.2. The maximum atomic E-state index is 11.2. The van der Waals surface area contributed by atoms with Gasteiger partial charge < -0.3 is 5.11 Å². The molecule has 0 fully saturated rings. The van der Waals surface area contributed by atoms with Crippen LogP contribution in [0.3, 0.4) is 0 Å². The highest BCUT2D eigenvalue weighted by Crippen LogP contribution is 2.24. The lowest BCUT2D eigenvalue weighted by molar-refractivity contribution is 0.0697. The Morgan fingerprint density at radius 3 is 2.47 bits per heavy atom. The average Bonchev–Trinajstić information content (AvgIpc) is 2.46.